The molecule has 7 nitrogen and oxygen atoms in total. The van der Waals surface area contributed by atoms with E-state index in [9.17, 15) is 4.79 Å². The van der Waals surface area contributed by atoms with Crippen molar-refractivity contribution in [1.29, 1.82) is 0 Å². The average Bonchev–Trinajstić information content (AvgIpc) is 2.82. The lowest BCUT2D eigenvalue weighted by atomic mass is 10.1. The van der Waals surface area contributed by atoms with Crippen LogP contribution in [0.3, 0.4) is 0 Å². The molecule has 0 bridgehead atoms. The zero-order chi connectivity index (χ0) is 24.1. The molecule has 172 valence electrons. The number of hydrogen-bond acceptors (Lipinski definition) is 4. The van der Waals surface area contributed by atoms with Crippen molar-refractivity contribution in [3.8, 4) is 5.75 Å². The van der Waals surface area contributed by atoms with Gasteiger partial charge in [0, 0.05) is 10.3 Å². The lowest BCUT2D eigenvalue weighted by Crippen LogP contribution is -2.23. The van der Waals surface area contributed by atoms with Crippen molar-refractivity contribution in [1.82, 2.24) is 5.32 Å². The van der Waals surface area contributed by atoms with Crippen molar-refractivity contribution in [3.63, 3.8) is 0 Å². The number of alkyl carbamates (subject to hydrolysis) is 1. The fourth-order valence-electron chi connectivity index (χ4n) is 2.76. The Bertz CT molecular complexity index is 1050. The summed E-state index contributed by atoms with van der Waals surface area (Å²) in [5.74, 6) is 0.804. The summed E-state index contributed by atoms with van der Waals surface area (Å²) in [5.41, 5.74) is 4.81. The van der Waals surface area contributed by atoms with Gasteiger partial charge in [-0.05, 0) is 48.2 Å². The molecule has 0 radical (unpaired) electrons. The molecular formula is C25H27NO6P+. The Morgan fingerprint density at radius 1 is 0.818 bits per heavy atom. The summed E-state index contributed by atoms with van der Waals surface area (Å²) in [6.07, 6.45) is -0.464. The third-order valence-electron chi connectivity index (χ3n) is 4.60. The molecule has 3 aromatic carbocycles. The molecule has 0 unspecified atom stereocenters. The van der Waals surface area contributed by atoms with Gasteiger partial charge < -0.3 is 9.47 Å². The number of rotatable bonds is 7. The Balaban J connectivity index is 0.000000890. The normalized spacial score (nSPS) is 10.8. The van der Waals surface area contributed by atoms with Crippen molar-refractivity contribution < 1.29 is 28.6 Å². The Morgan fingerprint density at radius 3 is 1.82 bits per heavy atom. The van der Waals surface area contributed by atoms with Gasteiger partial charge in [0.2, 0.25) is 0 Å². The molecule has 0 fully saturated rings. The van der Waals surface area contributed by atoms with E-state index in [0.29, 0.717) is 6.61 Å². The quantitative estimate of drug-likeness (QED) is 0.392. The Hall–Kier alpha value is -3.51. The topological polar surface area (TPSA) is 105 Å². The van der Waals surface area contributed by atoms with Crippen LogP contribution in [0.4, 0.5) is 4.79 Å². The van der Waals surface area contributed by atoms with Crippen LogP contribution in [0.25, 0.3) is 5.57 Å². The van der Waals surface area contributed by atoms with Gasteiger partial charge in [-0.25, -0.2) is 4.79 Å². The monoisotopic (exact) mass is 468 g/mol. The van der Waals surface area contributed by atoms with Crippen LogP contribution in [-0.2, 0) is 22.5 Å². The average molecular weight is 468 g/mol. The molecule has 3 aromatic rings. The van der Waals surface area contributed by atoms with Gasteiger partial charge in [-0.1, -0.05) is 72.8 Å². The highest BCUT2D eigenvalue weighted by atomic mass is 31.1. The maximum absolute atomic E-state index is 12.0. The maximum atomic E-state index is 12.0. The van der Waals surface area contributed by atoms with Crippen LogP contribution in [0, 0.1) is 0 Å². The number of nitrogens with one attached hydrogen (secondary N) is 1. The number of benzene rings is 3. The second-order valence-corrected chi connectivity index (χ2v) is 7.49. The molecule has 0 aliphatic carbocycles. The van der Waals surface area contributed by atoms with Gasteiger partial charge in [0.05, 0.1) is 0 Å². The minimum absolute atomic E-state index is 0.243. The zero-order valence-electron chi connectivity index (χ0n) is 18.5. The molecule has 0 atom stereocenters. The van der Waals surface area contributed by atoms with E-state index in [1.165, 1.54) is 0 Å². The predicted octanol–water partition coefficient (Wildman–Crippen LogP) is 5.57. The molecular weight excluding hydrogens is 441 g/mol. The SMILES string of the molecule is C/C(NC(=O)OCc1ccccc1)=C(/C)c1ccc(OCc2ccccc2)cc1.O=[P+](O)O. The standard InChI is InChI=1S/C25H25NO3.HO3P/c1-19(20(2)26-25(27)29-18-22-11-7-4-8-12-22)23-13-15-24(16-14-23)28-17-21-9-5-3-6-10-21;1-4(2)3/h3-16H,17-18H2,1-2H3,(H,26,27);(H-,1,2,3)/p+1/b20-19+;. The van der Waals surface area contributed by atoms with Gasteiger partial charge in [0.15, 0.2) is 0 Å². The van der Waals surface area contributed by atoms with Gasteiger partial charge >= 0.3 is 14.3 Å². The minimum atomic E-state index is -2.87. The van der Waals surface area contributed by atoms with Gasteiger partial charge in [-0.2, -0.15) is 0 Å². The fourth-order valence-corrected chi connectivity index (χ4v) is 2.76. The lowest BCUT2D eigenvalue weighted by Gasteiger charge is -2.12. The summed E-state index contributed by atoms with van der Waals surface area (Å²) in [6.45, 7) is 4.60. The highest BCUT2D eigenvalue weighted by Crippen LogP contribution is 2.21. The molecule has 8 heteroatoms. The summed E-state index contributed by atoms with van der Waals surface area (Å²) in [7, 11) is -2.87. The zero-order valence-corrected chi connectivity index (χ0v) is 19.4. The van der Waals surface area contributed by atoms with Crippen LogP contribution in [-0.4, -0.2) is 15.9 Å². The minimum Gasteiger partial charge on any atom is -0.489 e. The van der Waals surface area contributed by atoms with Crippen molar-refractivity contribution >= 4 is 19.9 Å². The predicted molar refractivity (Wildman–Crippen MR) is 127 cm³/mol. The largest absolute Gasteiger partial charge is 0.692 e. The molecule has 0 aliphatic rings. The summed E-state index contributed by atoms with van der Waals surface area (Å²) in [4.78, 5) is 26.3. The van der Waals surface area contributed by atoms with Gasteiger partial charge in [0.25, 0.3) is 0 Å². The van der Waals surface area contributed by atoms with Crippen molar-refractivity contribution in [3.05, 3.63) is 107 Å². The number of ether oxygens (including phenoxy) is 2. The van der Waals surface area contributed by atoms with Crippen molar-refractivity contribution in [2.75, 3.05) is 0 Å². The molecule has 0 saturated heterocycles. The van der Waals surface area contributed by atoms with Crippen molar-refractivity contribution in [2.24, 2.45) is 0 Å². The van der Waals surface area contributed by atoms with E-state index < -0.39 is 14.3 Å². The van der Waals surface area contributed by atoms with Crippen molar-refractivity contribution in [2.45, 2.75) is 27.1 Å². The summed E-state index contributed by atoms with van der Waals surface area (Å²) >= 11 is 0. The van der Waals surface area contributed by atoms with Crippen LogP contribution in [0.5, 0.6) is 5.75 Å². The van der Waals surface area contributed by atoms with Crippen LogP contribution in [0.1, 0.15) is 30.5 Å². The molecule has 0 aromatic heterocycles. The van der Waals surface area contributed by atoms with Crippen LogP contribution >= 0.6 is 8.25 Å². The third-order valence-corrected chi connectivity index (χ3v) is 4.60. The van der Waals surface area contributed by atoms with Gasteiger partial charge in [-0.3, -0.25) is 5.32 Å². The van der Waals surface area contributed by atoms with E-state index in [2.05, 4.69) is 5.32 Å². The summed E-state index contributed by atoms with van der Waals surface area (Å²) in [5, 5.41) is 2.80. The van der Waals surface area contributed by atoms with E-state index in [1.807, 2.05) is 98.8 Å². The molecule has 3 rings (SSSR count). The maximum Gasteiger partial charge on any atom is 0.692 e. The van der Waals surface area contributed by atoms with Crippen LogP contribution < -0.4 is 10.1 Å². The molecule has 1 amide bonds. The lowest BCUT2D eigenvalue weighted by molar-refractivity contribution is 0.142. The first kappa shape index (κ1) is 25.7. The first-order chi connectivity index (χ1) is 15.8. The fraction of sp³-hybridized carbons (Fsp3) is 0.160. The van der Waals surface area contributed by atoms with E-state index >= 15 is 0 Å². The highest BCUT2D eigenvalue weighted by molar-refractivity contribution is 7.30. The van der Waals surface area contributed by atoms with Crippen LogP contribution in [0.15, 0.2) is 90.6 Å². The van der Waals surface area contributed by atoms with E-state index in [-0.39, 0.29) is 6.61 Å². The molecule has 0 saturated carbocycles. The van der Waals surface area contributed by atoms with Crippen LogP contribution in [0.2, 0.25) is 0 Å². The molecule has 33 heavy (non-hydrogen) atoms. The van der Waals surface area contributed by atoms with E-state index in [4.69, 9.17) is 23.8 Å². The number of carbonyl (C=O) groups is 1. The number of amides is 1. The summed E-state index contributed by atoms with van der Waals surface area (Å²) < 4.78 is 19.8. The molecule has 0 heterocycles. The smallest absolute Gasteiger partial charge is 0.489 e. The number of allylic oxidation sites excluding steroid dienone is 2. The van der Waals surface area contributed by atoms with Gasteiger partial charge in [-0.15, -0.1) is 9.79 Å². The Labute approximate surface area is 194 Å². The Morgan fingerprint density at radius 2 is 1.30 bits per heavy atom. The highest BCUT2D eigenvalue weighted by Gasteiger charge is 2.07. The second-order valence-electron chi connectivity index (χ2n) is 6.99. The first-order valence-electron chi connectivity index (χ1n) is 10.1. The number of carbonyl (C=O) groups excluding carboxylic acids is 1. The van der Waals surface area contributed by atoms with E-state index in [1.54, 1.807) is 0 Å². The third kappa shape index (κ3) is 10.1. The Kier molecular flexibility index (Phi) is 10.8. The second kappa shape index (κ2) is 13.8. The van der Waals surface area contributed by atoms with Gasteiger partial charge in [0.1, 0.15) is 19.0 Å². The molecule has 0 spiro atoms. The first-order valence-corrected chi connectivity index (χ1v) is 11.3. The number of hydrogen-bond donors (Lipinski definition) is 3. The molecule has 0 aliphatic heterocycles. The molecule has 3 N–H and O–H groups in total. The van der Waals surface area contributed by atoms with E-state index in [0.717, 1.165) is 33.7 Å². The summed E-state index contributed by atoms with van der Waals surface area (Å²) in [6, 6.07) is 27.5.